The van der Waals surface area contributed by atoms with Crippen LogP contribution < -0.4 is 5.73 Å². The van der Waals surface area contributed by atoms with Crippen LogP contribution in [0.25, 0.3) is 0 Å². The van der Waals surface area contributed by atoms with Gasteiger partial charge in [0.25, 0.3) is 0 Å². The van der Waals surface area contributed by atoms with Crippen molar-refractivity contribution in [2.24, 2.45) is 11.7 Å². The zero-order valence-electron chi connectivity index (χ0n) is 10.1. The lowest BCUT2D eigenvalue weighted by Gasteiger charge is -2.38. The van der Waals surface area contributed by atoms with Crippen LogP contribution in [0.15, 0.2) is 0 Å². The molecule has 0 aromatic carbocycles. The number of nitrogens with zero attached hydrogens (tertiary/aromatic N) is 1. The molecule has 3 atom stereocenters. The summed E-state index contributed by atoms with van der Waals surface area (Å²) >= 11 is 0. The van der Waals surface area contributed by atoms with Gasteiger partial charge in [0.2, 0.25) is 5.91 Å². The van der Waals surface area contributed by atoms with Crippen molar-refractivity contribution in [2.45, 2.75) is 32.4 Å². The van der Waals surface area contributed by atoms with E-state index in [9.17, 15) is 4.79 Å². The molecule has 0 aromatic rings. The lowest BCUT2D eigenvalue weighted by atomic mass is 10.0. The Balaban J connectivity index is 2.58. The van der Waals surface area contributed by atoms with Gasteiger partial charge < -0.3 is 20.5 Å². The third kappa shape index (κ3) is 3.17. The molecule has 0 saturated carbocycles. The minimum absolute atomic E-state index is 0.0399. The van der Waals surface area contributed by atoms with Gasteiger partial charge in [-0.25, -0.2) is 0 Å². The molecule has 1 amide bonds. The molecule has 0 spiro atoms. The summed E-state index contributed by atoms with van der Waals surface area (Å²) in [7, 11) is 0. The molecule has 1 aliphatic heterocycles. The number of hydrogen-bond acceptors (Lipinski definition) is 4. The number of hydrogen-bond donors (Lipinski definition) is 2. The fraction of sp³-hybridized carbons (Fsp3) is 0.909. The number of carbonyl (C=O) groups is 1. The van der Waals surface area contributed by atoms with Gasteiger partial charge in [-0.2, -0.15) is 0 Å². The molecule has 0 aromatic heterocycles. The molecule has 3 unspecified atom stereocenters. The summed E-state index contributed by atoms with van der Waals surface area (Å²) < 4.78 is 5.39. The van der Waals surface area contributed by atoms with Crippen molar-refractivity contribution in [1.29, 1.82) is 0 Å². The molecule has 1 heterocycles. The highest BCUT2D eigenvalue weighted by Crippen LogP contribution is 2.16. The standard InChI is InChI=1S/C11H22N2O3/c1-8(3-4-12)11(15)13-5-10(6-14)16-7-9(13)2/h8-10,14H,3-7,12H2,1-2H3. The van der Waals surface area contributed by atoms with Gasteiger partial charge in [-0.1, -0.05) is 6.92 Å². The smallest absolute Gasteiger partial charge is 0.225 e. The van der Waals surface area contributed by atoms with Crippen LogP contribution >= 0.6 is 0 Å². The van der Waals surface area contributed by atoms with E-state index in [2.05, 4.69) is 0 Å². The number of nitrogens with two attached hydrogens (primary N) is 1. The van der Waals surface area contributed by atoms with Crippen LogP contribution in [0.2, 0.25) is 0 Å². The van der Waals surface area contributed by atoms with Gasteiger partial charge in [0.15, 0.2) is 0 Å². The largest absolute Gasteiger partial charge is 0.394 e. The lowest BCUT2D eigenvalue weighted by Crippen LogP contribution is -2.53. The highest BCUT2D eigenvalue weighted by atomic mass is 16.5. The van der Waals surface area contributed by atoms with Crippen molar-refractivity contribution < 1.29 is 14.6 Å². The predicted molar refractivity (Wildman–Crippen MR) is 60.8 cm³/mol. The third-order valence-electron chi connectivity index (χ3n) is 3.01. The maximum Gasteiger partial charge on any atom is 0.225 e. The van der Waals surface area contributed by atoms with Gasteiger partial charge in [-0.05, 0) is 19.9 Å². The van der Waals surface area contributed by atoms with E-state index in [1.54, 1.807) is 4.90 Å². The number of amides is 1. The second-order valence-electron chi connectivity index (χ2n) is 4.46. The van der Waals surface area contributed by atoms with E-state index in [4.69, 9.17) is 15.6 Å². The van der Waals surface area contributed by atoms with Gasteiger partial charge >= 0.3 is 0 Å². The lowest BCUT2D eigenvalue weighted by molar-refractivity contribution is -0.150. The van der Waals surface area contributed by atoms with Crippen molar-refractivity contribution in [1.82, 2.24) is 4.90 Å². The number of aliphatic hydroxyl groups is 1. The van der Waals surface area contributed by atoms with E-state index in [1.165, 1.54) is 0 Å². The van der Waals surface area contributed by atoms with Crippen LogP contribution in [0.3, 0.4) is 0 Å². The minimum Gasteiger partial charge on any atom is -0.394 e. The predicted octanol–water partition coefficient (Wildman–Crippen LogP) is -0.420. The molecule has 0 aliphatic carbocycles. The minimum atomic E-state index is -0.245. The first-order valence-electron chi connectivity index (χ1n) is 5.83. The van der Waals surface area contributed by atoms with Crippen LogP contribution in [0.4, 0.5) is 0 Å². The van der Waals surface area contributed by atoms with Crippen LogP contribution in [0.1, 0.15) is 20.3 Å². The van der Waals surface area contributed by atoms with Crippen molar-refractivity contribution in [3.63, 3.8) is 0 Å². The summed E-state index contributed by atoms with van der Waals surface area (Å²) in [5.74, 6) is 0.0598. The second kappa shape index (κ2) is 6.18. The summed E-state index contributed by atoms with van der Waals surface area (Å²) in [4.78, 5) is 13.9. The molecule has 94 valence electrons. The third-order valence-corrected chi connectivity index (χ3v) is 3.01. The Morgan fingerprint density at radius 3 is 2.94 bits per heavy atom. The molecule has 1 saturated heterocycles. The first-order chi connectivity index (χ1) is 7.60. The van der Waals surface area contributed by atoms with E-state index >= 15 is 0 Å². The van der Waals surface area contributed by atoms with Crippen LogP contribution in [0, 0.1) is 5.92 Å². The number of rotatable bonds is 4. The fourth-order valence-electron chi connectivity index (χ4n) is 1.89. The van der Waals surface area contributed by atoms with Gasteiger partial charge in [-0.3, -0.25) is 4.79 Å². The summed E-state index contributed by atoms with van der Waals surface area (Å²) in [5.41, 5.74) is 5.45. The average Bonchev–Trinajstić information content (AvgIpc) is 2.29. The van der Waals surface area contributed by atoms with E-state index in [0.29, 0.717) is 26.1 Å². The second-order valence-corrected chi connectivity index (χ2v) is 4.46. The van der Waals surface area contributed by atoms with Crippen molar-refractivity contribution in [2.75, 3.05) is 26.3 Å². The van der Waals surface area contributed by atoms with Gasteiger partial charge in [0, 0.05) is 12.5 Å². The molecule has 3 N–H and O–H groups in total. The van der Waals surface area contributed by atoms with E-state index in [-0.39, 0.29) is 30.6 Å². The molecule has 5 nitrogen and oxygen atoms in total. The van der Waals surface area contributed by atoms with Crippen LogP contribution in [0.5, 0.6) is 0 Å². The zero-order chi connectivity index (χ0) is 12.1. The fourth-order valence-corrected chi connectivity index (χ4v) is 1.89. The summed E-state index contributed by atoms with van der Waals surface area (Å²) in [6, 6.07) is 0.0792. The Bertz CT molecular complexity index is 235. The maximum absolute atomic E-state index is 12.1. The molecule has 0 bridgehead atoms. The molecule has 1 aliphatic rings. The van der Waals surface area contributed by atoms with Crippen molar-refractivity contribution in [3.8, 4) is 0 Å². The van der Waals surface area contributed by atoms with E-state index < -0.39 is 0 Å². The van der Waals surface area contributed by atoms with Crippen molar-refractivity contribution >= 4 is 5.91 Å². The Kier molecular flexibility index (Phi) is 5.18. The summed E-state index contributed by atoms with van der Waals surface area (Å²) in [6.07, 6.45) is 0.456. The summed E-state index contributed by atoms with van der Waals surface area (Å²) in [5, 5.41) is 9.04. The maximum atomic E-state index is 12.1. The number of carbonyl (C=O) groups excluding carboxylic acids is 1. The van der Waals surface area contributed by atoms with E-state index in [1.807, 2.05) is 13.8 Å². The Morgan fingerprint density at radius 2 is 2.38 bits per heavy atom. The molecular formula is C11H22N2O3. The van der Waals surface area contributed by atoms with Gasteiger partial charge in [0.1, 0.15) is 0 Å². The zero-order valence-corrected chi connectivity index (χ0v) is 10.1. The molecule has 16 heavy (non-hydrogen) atoms. The number of morpholine rings is 1. The molecule has 1 fully saturated rings. The Labute approximate surface area is 96.6 Å². The number of aliphatic hydroxyl groups excluding tert-OH is 1. The van der Waals surface area contributed by atoms with Crippen LogP contribution in [-0.4, -0.2) is 54.4 Å². The SMILES string of the molecule is CC(CCN)C(=O)N1CC(CO)OCC1C. The van der Waals surface area contributed by atoms with Crippen molar-refractivity contribution in [3.05, 3.63) is 0 Å². The average molecular weight is 230 g/mol. The number of ether oxygens (including phenoxy) is 1. The Hall–Kier alpha value is -0.650. The molecular weight excluding hydrogens is 208 g/mol. The monoisotopic (exact) mass is 230 g/mol. The highest BCUT2D eigenvalue weighted by molar-refractivity contribution is 5.79. The summed E-state index contributed by atoms with van der Waals surface area (Å²) in [6.45, 7) is 5.31. The normalized spacial score (nSPS) is 27.9. The molecule has 5 heteroatoms. The van der Waals surface area contributed by atoms with Crippen LogP contribution in [-0.2, 0) is 9.53 Å². The Morgan fingerprint density at radius 1 is 1.69 bits per heavy atom. The molecule has 1 rings (SSSR count). The quantitative estimate of drug-likeness (QED) is 0.688. The first kappa shape index (κ1) is 13.4. The highest BCUT2D eigenvalue weighted by Gasteiger charge is 2.31. The van der Waals surface area contributed by atoms with Gasteiger partial charge in [-0.15, -0.1) is 0 Å². The van der Waals surface area contributed by atoms with Gasteiger partial charge in [0.05, 0.1) is 25.4 Å². The van der Waals surface area contributed by atoms with E-state index in [0.717, 1.165) is 0 Å². The molecule has 0 radical (unpaired) electrons. The first-order valence-corrected chi connectivity index (χ1v) is 5.83. The topological polar surface area (TPSA) is 75.8 Å².